The van der Waals surface area contributed by atoms with Crippen molar-refractivity contribution < 1.29 is 28.3 Å². The highest BCUT2D eigenvalue weighted by Crippen LogP contribution is 2.20. The first-order valence-electron chi connectivity index (χ1n) is 16.0. The number of hydrogen-bond acceptors (Lipinski definition) is 9. The molecule has 2 aromatic carbocycles. The van der Waals surface area contributed by atoms with Gasteiger partial charge < -0.3 is 25.8 Å². The van der Waals surface area contributed by atoms with Gasteiger partial charge in [0, 0.05) is 25.5 Å². The predicted octanol–water partition coefficient (Wildman–Crippen LogP) is 4.25. The highest BCUT2D eigenvalue weighted by atomic mass is 32.2. The number of carbonyl (C=O) groups is 2. The van der Waals surface area contributed by atoms with Crippen molar-refractivity contribution in [1.29, 1.82) is 0 Å². The maximum absolute atomic E-state index is 13.9. The van der Waals surface area contributed by atoms with Gasteiger partial charge in [-0.2, -0.15) is 4.31 Å². The molecule has 0 radical (unpaired) electrons. The van der Waals surface area contributed by atoms with Crippen LogP contribution in [-0.2, 0) is 27.8 Å². The van der Waals surface area contributed by atoms with E-state index in [4.69, 9.17) is 5.21 Å². The number of nitrogens with one attached hydrogen (secondary N) is 2. The van der Waals surface area contributed by atoms with Crippen molar-refractivity contribution in [2.45, 2.75) is 77.1 Å². The minimum Gasteiger partial charge on any atom is -0.411 e. The summed E-state index contributed by atoms with van der Waals surface area (Å²) in [4.78, 5) is 33.0. The van der Waals surface area contributed by atoms with Crippen LogP contribution in [-0.4, -0.2) is 89.4 Å². The smallest absolute Gasteiger partial charge is 0.318 e. The van der Waals surface area contributed by atoms with Crippen LogP contribution in [0.3, 0.4) is 0 Å². The van der Waals surface area contributed by atoms with E-state index >= 15 is 0 Å². The minimum atomic E-state index is -4.05. The molecule has 0 aliphatic rings. The first-order valence-corrected chi connectivity index (χ1v) is 18.3. The van der Waals surface area contributed by atoms with Gasteiger partial charge in [0.25, 0.3) is 0 Å². The molecular formula is C34H48N6O6S2. The molecule has 0 spiro atoms. The van der Waals surface area contributed by atoms with Crippen LogP contribution in [0, 0.1) is 18.8 Å². The van der Waals surface area contributed by atoms with E-state index in [0.717, 1.165) is 16.3 Å². The lowest BCUT2D eigenvalue weighted by Gasteiger charge is -2.33. The Morgan fingerprint density at radius 2 is 1.71 bits per heavy atom. The normalized spacial score (nSPS) is 14.5. The monoisotopic (exact) mass is 700 g/mol. The molecule has 0 bridgehead atoms. The lowest BCUT2D eigenvalue weighted by Crippen LogP contribution is -2.58. The van der Waals surface area contributed by atoms with Crippen molar-refractivity contribution in [3.63, 3.8) is 0 Å². The maximum Gasteiger partial charge on any atom is 0.318 e. The van der Waals surface area contributed by atoms with Crippen molar-refractivity contribution in [2.75, 3.05) is 20.1 Å². The molecule has 12 nitrogen and oxygen atoms in total. The van der Waals surface area contributed by atoms with Crippen LogP contribution in [0.2, 0.25) is 0 Å². The van der Waals surface area contributed by atoms with E-state index in [2.05, 4.69) is 20.8 Å². The number of aryl methyl sites for hydroxylation is 1. The lowest BCUT2D eigenvalue weighted by atomic mass is 9.96. The Balaban J connectivity index is 1.86. The van der Waals surface area contributed by atoms with Gasteiger partial charge in [-0.1, -0.05) is 81.7 Å². The number of thiazole rings is 1. The quantitative estimate of drug-likeness (QED) is 0.0929. The highest BCUT2D eigenvalue weighted by Gasteiger charge is 2.34. The zero-order valence-electron chi connectivity index (χ0n) is 28.4. The van der Waals surface area contributed by atoms with Gasteiger partial charge in [-0.15, -0.1) is 11.3 Å². The second-order valence-corrected chi connectivity index (χ2v) is 15.4. The Kier molecular flexibility index (Phi) is 14.5. The number of benzene rings is 2. The van der Waals surface area contributed by atoms with Crippen molar-refractivity contribution in [2.24, 2.45) is 17.0 Å². The number of aliphatic hydroxyl groups is 1. The molecule has 1 aromatic heterocycles. The number of aliphatic hydroxyl groups excluding tert-OH is 1. The van der Waals surface area contributed by atoms with Crippen LogP contribution < -0.4 is 10.6 Å². The highest BCUT2D eigenvalue weighted by molar-refractivity contribution is 7.89. The molecule has 0 fully saturated rings. The molecule has 1 heterocycles. The summed E-state index contributed by atoms with van der Waals surface area (Å²) >= 11 is 1.49. The van der Waals surface area contributed by atoms with Gasteiger partial charge in [0.05, 0.1) is 40.5 Å². The zero-order valence-corrected chi connectivity index (χ0v) is 30.0. The van der Waals surface area contributed by atoms with Gasteiger partial charge in [-0.3, -0.25) is 4.79 Å². The Morgan fingerprint density at radius 1 is 1.04 bits per heavy atom. The molecule has 3 rings (SSSR count). The average Bonchev–Trinajstić information content (AvgIpc) is 3.46. The first-order chi connectivity index (χ1) is 22.7. The average molecular weight is 701 g/mol. The molecule has 3 aromatic rings. The van der Waals surface area contributed by atoms with Gasteiger partial charge in [0.2, 0.25) is 15.9 Å². The second kappa shape index (κ2) is 18.1. The third-order valence-corrected chi connectivity index (χ3v) is 10.6. The Labute approximate surface area is 287 Å². The van der Waals surface area contributed by atoms with Gasteiger partial charge in [0.15, 0.2) is 0 Å². The lowest BCUT2D eigenvalue weighted by molar-refractivity contribution is -0.125. The Hall–Kier alpha value is -3.85. The van der Waals surface area contributed by atoms with Gasteiger partial charge in [0.1, 0.15) is 6.04 Å². The molecule has 0 saturated carbocycles. The van der Waals surface area contributed by atoms with Crippen LogP contribution in [0.1, 0.15) is 55.9 Å². The van der Waals surface area contributed by atoms with E-state index < -0.39 is 40.1 Å². The Bertz CT molecular complexity index is 1600. The van der Waals surface area contributed by atoms with Crippen molar-refractivity contribution in [1.82, 2.24) is 24.8 Å². The molecule has 262 valence electrons. The maximum atomic E-state index is 13.9. The number of rotatable bonds is 17. The fourth-order valence-electron chi connectivity index (χ4n) is 5.12. The summed E-state index contributed by atoms with van der Waals surface area (Å²) in [5, 5.41) is 32.1. The van der Waals surface area contributed by atoms with E-state index in [-0.39, 0.29) is 42.8 Å². The summed E-state index contributed by atoms with van der Waals surface area (Å²) in [6, 6.07) is 12.9. The van der Waals surface area contributed by atoms with Gasteiger partial charge in [-0.05, 0) is 48.4 Å². The third kappa shape index (κ3) is 11.1. The molecule has 0 saturated heterocycles. The molecule has 0 aliphatic carbocycles. The summed E-state index contributed by atoms with van der Waals surface area (Å²) in [6.07, 6.45) is 0.718. The van der Waals surface area contributed by atoms with Crippen molar-refractivity contribution in [3.8, 4) is 0 Å². The first kappa shape index (κ1) is 38.6. The van der Waals surface area contributed by atoms with Crippen LogP contribution in [0.25, 0.3) is 0 Å². The predicted molar refractivity (Wildman–Crippen MR) is 188 cm³/mol. The van der Waals surface area contributed by atoms with Gasteiger partial charge >= 0.3 is 6.03 Å². The number of sulfonamides is 1. The number of oxime groups is 1. The van der Waals surface area contributed by atoms with E-state index in [1.165, 1.54) is 51.0 Å². The largest absolute Gasteiger partial charge is 0.411 e. The third-order valence-electron chi connectivity index (χ3n) is 7.96. The Morgan fingerprint density at radius 3 is 2.27 bits per heavy atom. The number of urea groups is 1. The van der Waals surface area contributed by atoms with Crippen molar-refractivity contribution >= 4 is 39.5 Å². The van der Waals surface area contributed by atoms with E-state index in [1.54, 1.807) is 7.05 Å². The fourth-order valence-corrected chi connectivity index (χ4v) is 7.35. The summed E-state index contributed by atoms with van der Waals surface area (Å²) in [6.45, 7) is 9.56. The molecule has 0 aliphatic heterocycles. The van der Waals surface area contributed by atoms with Crippen LogP contribution >= 0.6 is 11.3 Å². The fraction of sp³-hybridized carbons (Fsp3) is 0.471. The number of hydrogen-bond donors (Lipinski definition) is 4. The molecular weight excluding hydrogens is 653 g/mol. The summed E-state index contributed by atoms with van der Waals surface area (Å²) in [5.41, 5.74) is 2.11. The number of carbonyl (C=O) groups excluding carboxylic acids is 2. The molecule has 14 heteroatoms. The van der Waals surface area contributed by atoms with Crippen molar-refractivity contribution in [3.05, 3.63) is 81.8 Å². The van der Waals surface area contributed by atoms with E-state index in [0.29, 0.717) is 12.0 Å². The number of amides is 3. The molecule has 4 N–H and O–H groups in total. The molecule has 3 amide bonds. The molecule has 4 atom stereocenters. The number of nitrogens with zero attached hydrogens (tertiary/aromatic N) is 4. The van der Waals surface area contributed by atoms with E-state index in [9.17, 15) is 23.1 Å². The second-order valence-electron chi connectivity index (χ2n) is 12.4. The number of aromatic nitrogens is 1. The summed E-state index contributed by atoms with van der Waals surface area (Å²) < 4.78 is 28.9. The van der Waals surface area contributed by atoms with Crippen LogP contribution in [0.5, 0.6) is 0 Å². The minimum absolute atomic E-state index is 0.0190. The van der Waals surface area contributed by atoms with Crippen LogP contribution in [0.4, 0.5) is 4.79 Å². The van der Waals surface area contributed by atoms with E-state index in [1.807, 2.05) is 70.3 Å². The standard InChI is InChI=1S/C34H48N6O6S2/c1-7-24(4)32(38-34(43)39(6)20-28-22-47-25(5)36-28)33(42)37-30(17-26-11-9-8-10-12-26)31(41)21-40(19-23(2)3)48(45,46)29-15-13-27(14-16-29)18-35-44/h8-16,18,22-24,30-32,41,44H,7,17,19-21H2,1-6H3,(H,37,42)(H,38,43)/b35-18+/t24-,30-,31?,32+/m0/s1. The SMILES string of the molecule is CC[C@H](C)[C@@H](NC(=O)N(C)Cc1csc(C)n1)C(=O)N[C@@H](Cc1ccccc1)C(O)CN(CC(C)C)S(=O)(=O)c1ccc(/C=N/O)cc1. The summed E-state index contributed by atoms with van der Waals surface area (Å²) in [5.74, 6) is -0.782. The van der Waals surface area contributed by atoms with Crippen LogP contribution in [0.15, 0.2) is 70.0 Å². The molecule has 48 heavy (non-hydrogen) atoms. The summed E-state index contributed by atoms with van der Waals surface area (Å²) in [7, 11) is -2.42. The molecule has 1 unspecified atom stereocenters. The zero-order chi connectivity index (χ0) is 35.4. The topological polar surface area (TPSA) is 165 Å². The van der Waals surface area contributed by atoms with Gasteiger partial charge in [-0.25, -0.2) is 18.2 Å².